The molecule has 0 aromatic rings. The molecule has 7 aliphatic rings. The molecular weight excluding hydrogens is 1120 g/mol. The fourth-order valence-electron chi connectivity index (χ4n) is 10.3. The molecule has 0 bridgehead atoms. The van der Waals surface area contributed by atoms with Gasteiger partial charge in [0.15, 0.2) is 44.0 Å². The van der Waals surface area contributed by atoms with Gasteiger partial charge in [0.1, 0.15) is 171 Å². The number of aliphatic hydroxyl groups excluding tert-OH is 22. The molecule has 7 heterocycles. The summed E-state index contributed by atoms with van der Waals surface area (Å²) >= 11 is 0. The zero-order chi connectivity index (χ0) is 59.6. The summed E-state index contributed by atoms with van der Waals surface area (Å²) in [5.41, 5.74) is 0. The van der Waals surface area contributed by atoms with E-state index in [1.54, 1.807) is 0 Å². The Morgan fingerprint density at radius 3 is 0.889 bits per heavy atom. The first-order valence-corrected chi connectivity index (χ1v) is 25.6. The Kier molecular flexibility index (Phi) is 23.6. The van der Waals surface area contributed by atoms with Crippen molar-refractivity contribution in [2.75, 3.05) is 46.2 Å². The molecule has 7 aliphatic heterocycles. The van der Waals surface area contributed by atoms with Gasteiger partial charge in [0.05, 0.1) is 46.2 Å². The van der Waals surface area contributed by atoms with Crippen LogP contribution in [0.2, 0.25) is 0 Å². The van der Waals surface area contributed by atoms with Crippen molar-refractivity contribution >= 4 is 5.91 Å². The van der Waals surface area contributed by atoms with Gasteiger partial charge in [-0.25, -0.2) is 0 Å². The third-order valence-electron chi connectivity index (χ3n) is 15.0. The number of ether oxygens (including phenoxy) is 13. The number of hydrogen-bond acceptors (Lipinski definition) is 36. The molecule has 7 fully saturated rings. The van der Waals surface area contributed by atoms with Crippen LogP contribution in [-0.2, 0) is 66.4 Å². The minimum Gasteiger partial charge on any atom is -0.394 e. The van der Waals surface area contributed by atoms with Crippen LogP contribution in [0.3, 0.4) is 0 Å². The molecule has 0 radical (unpaired) electrons. The molecule has 472 valence electrons. The molecule has 37 heteroatoms. The maximum absolute atomic E-state index is 12.1. The summed E-state index contributed by atoms with van der Waals surface area (Å²) in [6, 6.07) is -1.60. The summed E-state index contributed by atoms with van der Waals surface area (Å²) in [4.78, 5) is 12.1. The van der Waals surface area contributed by atoms with Gasteiger partial charge in [0.25, 0.3) is 0 Å². The number of rotatable bonds is 20. The Morgan fingerprint density at radius 2 is 0.543 bits per heavy atom. The van der Waals surface area contributed by atoms with E-state index in [9.17, 15) is 117 Å². The van der Waals surface area contributed by atoms with E-state index in [-0.39, 0.29) is 0 Å². The maximum Gasteiger partial charge on any atom is 0.217 e. The molecule has 23 N–H and O–H groups in total. The lowest BCUT2D eigenvalue weighted by Crippen LogP contribution is -2.69. The molecule has 35 atom stereocenters. The smallest absolute Gasteiger partial charge is 0.217 e. The number of nitrogens with one attached hydrogen (secondary N) is 1. The highest BCUT2D eigenvalue weighted by molar-refractivity contribution is 5.73. The molecule has 0 unspecified atom stereocenters. The van der Waals surface area contributed by atoms with Crippen LogP contribution in [0.25, 0.3) is 0 Å². The zero-order valence-corrected chi connectivity index (χ0v) is 42.7. The van der Waals surface area contributed by atoms with Crippen LogP contribution in [-0.4, -0.2) is 379 Å². The normalized spacial score (nSPS) is 51.9. The van der Waals surface area contributed by atoms with Crippen molar-refractivity contribution in [2.24, 2.45) is 0 Å². The van der Waals surface area contributed by atoms with Crippen molar-refractivity contribution in [3.8, 4) is 0 Å². The SMILES string of the molecule is CC(=O)N[C@@H]1[C@@H](O[C@H]2O[C@H](CO)[C@@H](O)[C@H](O[C@H]3O[C@H](CO)[C@@H](O)[C@H](O[C@H]4O[C@H](CO)[C@@H](O)[C@H](O)[C@@H]4O[C@H]4O[C@H](CO)[C@@H](O)[C@H](O)[C@@H]4O[C@H]4O[C@H](CO)[C@@H](O)[C@H](O[C@H]5O[C@H](CO)[C@@H](O)[C@H](O)[C@@H]5O)[C@@H]4O)[C@@H]3O)[C@@H]2O)[C@H](O)[C@@H](CO)O[C@@H]1O. The van der Waals surface area contributed by atoms with E-state index >= 15 is 0 Å². The third kappa shape index (κ3) is 13.9. The Bertz CT molecular complexity index is 1940. The number of amides is 1. The van der Waals surface area contributed by atoms with Gasteiger partial charge in [-0.05, 0) is 0 Å². The highest BCUT2D eigenvalue weighted by atomic mass is 16.8. The van der Waals surface area contributed by atoms with Gasteiger partial charge in [0.2, 0.25) is 5.91 Å². The number of carbonyl (C=O) groups is 1. The monoisotopic (exact) mass is 1190 g/mol. The second kappa shape index (κ2) is 28.7. The van der Waals surface area contributed by atoms with E-state index < -0.39 is 267 Å². The highest BCUT2D eigenvalue weighted by Crippen LogP contribution is 2.38. The largest absolute Gasteiger partial charge is 0.394 e. The van der Waals surface area contributed by atoms with Gasteiger partial charge < -0.3 is 179 Å². The minimum absolute atomic E-state index is 0.767. The van der Waals surface area contributed by atoms with Crippen molar-refractivity contribution in [1.82, 2.24) is 5.32 Å². The second-order valence-electron chi connectivity index (χ2n) is 20.3. The van der Waals surface area contributed by atoms with E-state index in [4.69, 9.17) is 61.6 Å². The van der Waals surface area contributed by atoms with Crippen LogP contribution in [0.1, 0.15) is 6.92 Å². The summed E-state index contributed by atoms with van der Waals surface area (Å²) in [7, 11) is 0. The molecule has 0 aromatic carbocycles. The lowest BCUT2D eigenvalue weighted by Gasteiger charge is -2.50. The van der Waals surface area contributed by atoms with Crippen LogP contribution in [0.15, 0.2) is 0 Å². The minimum atomic E-state index is -2.37. The van der Waals surface area contributed by atoms with Crippen LogP contribution in [0, 0.1) is 0 Å². The van der Waals surface area contributed by atoms with Gasteiger partial charge in [-0.3, -0.25) is 4.79 Å². The summed E-state index contributed by atoms with van der Waals surface area (Å²) in [5.74, 6) is -0.767. The summed E-state index contributed by atoms with van der Waals surface area (Å²) < 4.78 is 73.7. The molecule has 7 saturated heterocycles. The van der Waals surface area contributed by atoms with Crippen LogP contribution in [0.5, 0.6) is 0 Å². The Hall–Kier alpha value is -1.93. The lowest BCUT2D eigenvalue weighted by molar-refractivity contribution is -0.410. The van der Waals surface area contributed by atoms with Crippen LogP contribution in [0.4, 0.5) is 0 Å². The predicted octanol–water partition coefficient (Wildman–Crippen LogP) is -16.1. The van der Waals surface area contributed by atoms with Gasteiger partial charge in [-0.1, -0.05) is 0 Å². The van der Waals surface area contributed by atoms with Crippen molar-refractivity contribution < 1.29 is 179 Å². The van der Waals surface area contributed by atoms with Crippen LogP contribution < -0.4 is 5.32 Å². The van der Waals surface area contributed by atoms with Crippen LogP contribution >= 0.6 is 0 Å². The van der Waals surface area contributed by atoms with Gasteiger partial charge in [0, 0.05) is 6.92 Å². The first-order valence-electron chi connectivity index (χ1n) is 25.6. The van der Waals surface area contributed by atoms with E-state index in [1.165, 1.54) is 0 Å². The molecule has 37 nitrogen and oxygen atoms in total. The number of hydrogen-bond donors (Lipinski definition) is 23. The average molecular weight is 1190 g/mol. The topological polar surface area (TPSA) is 594 Å². The molecule has 1 amide bonds. The van der Waals surface area contributed by atoms with Gasteiger partial charge in [-0.15, -0.1) is 0 Å². The fraction of sp³-hybridized carbons (Fsp3) is 0.977. The molecule has 0 aliphatic carbocycles. The molecule has 0 saturated carbocycles. The first kappa shape index (κ1) is 66.6. The third-order valence-corrected chi connectivity index (χ3v) is 15.0. The quantitative estimate of drug-likeness (QED) is 0.0538. The second-order valence-corrected chi connectivity index (χ2v) is 20.3. The van der Waals surface area contributed by atoms with Gasteiger partial charge >= 0.3 is 0 Å². The molecule has 0 spiro atoms. The summed E-state index contributed by atoms with van der Waals surface area (Å²) in [6.07, 6.45) is -69.2. The maximum atomic E-state index is 12.1. The van der Waals surface area contributed by atoms with Crippen molar-refractivity contribution in [1.29, 1.82) is 0 Å². The first-order chi connectivity index (χ1) is 38.4. The predicted molar refractivity (Wildman–Crippen MR) is 243 cm³/mol. The number of aliphatic hydroxyl groups is 22. The lowest BCUT2D eigenvalue weighted by atomic mass is 9.94. The molecule has 81 heavy (non-hydrogen) atoms. The van der Waals surface area contributed by atoms with Crippen molar-refractivity contribution in [3.05, 3.63) is 0 Å². The Balaban J connectivity index is 1.14. The van der Waals surface area contributed by atoms with Crippen molar-refractivity contribution in [3.63, 3.8) is 0 Å². The highest BCUT2D eigenvalue weighted by Gasteiger charge is 2.59. The molecule has 7 rings (SSSR count). The molecule has 0 aromatic heterocycles. The average Bonchev–Trinajstić information content (AvgIpc) is 3.49. The van der Waals surface area contributed by atoms with E-state index in [2.05, 4.69) is 5.32 Å². The van der Waals surface area contributed by atoms with Crippen molar-refractivity contribution in [2.45, 2.75) is 222 Å². The van der Waals surface area contributed by atoms with Gasteiger partial charge in [-0.2, -0.15) is 0 Å². The summed E-state index contributed by atoms with van der Waals surface area (Å²) in [5, 5.41) is 240. The van der Waals surface area contributed by atoms with E-state index in [0.717, 1.165) is 6.92 Å². The number of carbonyl (C=O) groups excluding carboxylic acids is 1. The van der Waals surface area contributed by atoms with E-state index in [0.29, 0.717) is 0 Å². The standard InChI is InChI=1S/C44H75NO36/c1-9(53)45-17-32(21(57)13(5-49)69-38(17)68)76-40-29(65)34(23(59)14(6-50)71-40)78-41-31(67)35(24(60)16(8-52)72-41)79-43-37(27(63)20(56)11(3-47)74-43)81-44-36(26(62)19(55)12(4-48)75-44)80-42-30(66)33(22(58)15(7-51)73-42)77-39-28(64)25(61)18(54)10(2-46)70-39/h10-44,46-52,54-68H,2-8H2,1H3,(H,45,53)/t10-,11-,12-,13-,14-,15-,16-,17-,18-,19-,20-,21-,22-,23-,24-,25+,26+,27+,28+,29+,30+,31+,32-,33+,34+,35+,36+,37+,38+,39-,40-,41-,42-,43-,44-/m1/s1. The van der Waals surface area contributed by atoms with E-state index in [1.807, 2.05) is 0 Å². The molecular formula is C44H75NO36. The fourth-order valence-corrected chi connectivity index (χ4v) is 10.3. The zero-order valence-electron chi connectivity index (χ0n) is 42.7. The Morgan fingerprint density at radius 1 is 0.296 bits per heavy atom. The Labute approximate surface area is 457 Å². The summed E-state index contributed by atoms with van der Waals surface area (Å²) in [6.45, 7) is -6.13.